The third kappa shape index (κ3) is 3.81. The highest BCUT2D eigenvalue weighted by Gasteiger charge is 2.19. The van der Waals surface area contributed by atoms with E-state index in [1.165, 1.54) is 12.3 Å². The molecule has 0 aromatic carbocycles. The molecule has 0 aliphatic carbocycles. The Morgan fingerprint density at radius 3 is 2.41 bits per heavy atom. The van der Waals surface area contributed by atoms with Crippen molar-refractivity contribution in [2.45, 2.75) is 37.6 Å². The molecule has 96 valence electrons. The fourth-order valence-electron chi connectivity index (χ4n) is 1.29. The van der Waals surface area contributed by atoms with Gasteiger partial charge in [0.2, 0.25) is 10.0 Å². The van der Waals surface area contributed by atoms with Crippen molar-refractivity contribution >= 4 is 33.2 Å². The van der Waals surface area contributed by atoms with Crippen LogP contribution in [0.3, 0.4) is 0 Å². The second-order valence-corrected chi connectivity index (χ2v) is 6.06. The maximum Gasteiger partial charge on any atom is 0.242 e. The molecule has 1 heterocycles. The van der Waals surface area contributed by atoms with Crippen LogP contribution in [0.4, 0.5) is 0 Å². The van der Waals surface area contributed by atoms with Crippen molar-refractivity contribution in [3.05, 3.63) is 22.4 Å². The van der Waals surface area contributed by atoms with Gasteiger partial charge in [0.15, 0.2) is 0 Å². The summed E-state index contributed by atoms with van der Waals surface area (Å²) in [5.41, 5.74) is 0. The Labute approximate surface area is 111 Å². The lowest BCUT2D eigenvalue weighted by Gasteiger charge is -2.14. The topological polar surface area (TPSA) is 59.1 Å². The first-order valence-electron chi connectivity index (χ1n) is 5.24. The zero-order chi connectivity index (χ0) is 13.1. The minimum absolute atomic E-state index is 0.0267. The van der Waals surface area contributed by atoms with Gasteiger partial charge in [0.25, 0.3) is 0 Å². The van der Waals surface area contributed by atoms with Gasteiger partial charge in [-0.15, -0.1) is 0 Å². The van der Waals surface area contributed by atoms with E-state index in [0.717, 1.165) is 12.8 Å². The van der Waals surface area contributed by atoms with E-state index in [-0.39, 0.29) is 21.1 Å². The molecule has 0 aliphatic rings. The molecule has 0 bridgehead atoms. The van der Waals surface area contributed by atoms with Crippen LogP contribution in [0, 0.1) is 0 Å². The predicted octanol–water partition coefficient (Wildman–Crippen LogP) is 2.86. The van der Waals surface area contributed by atoms with Crippen molar-refractivity contribution in [3.63, 3.8) is 0 Å². The fourth-order valence-corrected chi connectivity index (χ4v) is 3.00. The van der Waals surface area contributed by atoms with E-state index in [2.05, 4.69) is 9.71 Å². The molecule has 1 aromatic rings. The monoisotopic (exact) mass is 296 g/mol. The first-order valence-corrected chi connectivity index (χ1v) is 7.48. The number of hydrogen-bond acceptors (Lipinski definition) is 3. The highest BCUT2D eigenvalue weighted by atomic mass is 35.5. The zero-order valence-corrected chi connectivity index (χ0v) is 11.9. The SMILES string of the molecule is CCC(CC)NS(=O)(=O)c1cnc(Cl)c(Cl)c1. The number of sulfonamides is 1. The summed E-state index contributed by atoms with van der Waals surface area (Å²) in [6.07, 6.45) is 2.65. The first kappa shape index (κ1) is 14.7. The van der Waals surface area contributed by atoms with Crippen molar-refractivity contribution in [2.24, 2.45) is 0 Å². The van der Waals surface area contributed by atoms with E-state index in [1.54, 1.807) is 0 Å². The van der Waals surface area contributed by atoms with Crippen LogP contribution in [0.5, 0.6) is 0 Å². The Bertz CT molecular complexity index is 487. The summed E-state index contributed by atoms with van der Waals surface area (Å²) in [5.74, 6) is 0. The van der Waals surface area contributed by atoms with Gasteiger partial charge in [-0.05, 0) is 18.9 Å². The Hall–Kier alpha value is -0.360. The lowest BCUT2D eigenvalue weighted by Crippen LogP contribution is -2.33. The Morgan fingerprint density at radius 2 is 1.94 bits per heavy atom. The lowest BCUT2D eigenvalue weighted by atomic mass is 10.2. The minimum atomic E-state index is -3.58. The zero-order valence-electron chi connectivity index (χ0n) is 9.57. The molecule has 1 N–H and O–H groups in total. The molecule has 17 heavy (non-hydrogen) atoms. The third-order valence-corrected chi connectivity index (χ3v) is 4.56. The summed E-state index contributed by atoms with van der Waals surface area (Å²) in [7, 11) is -3.58. The lowest BCUT2D eigenvalue weighted by molar-refractivity contribution is 0.530. The van der Waals surface area contributed by atoms with E-state index in [4.69, 9.17) is 23.2 Å². The Morgan fingerprint density at radius 1 is 1.35 bits per heavy atom. The van der Waals surface area contributed by atoms with Crippen LogP contribution >= 0.6 is 23.2 Å². The normalized spacial score (nSPS) is 12.1. The van der Waals surface area contributed by atoms with Gasteiger partial charge in [-0.1, -0.05) is 37.0 Å². The molecule has 1 aromatic heterocycles. The van der Waals surface area contributed by atoms with Crippen LogP contribution in [-0.2, 0) is 10.0 Å². The third-order valence-electron chi connectivity index (χ3n) is 2.39. The van der Waals surface area contributed by atoms with Gasteiger partial charge in [-0.2, -0.15) is 0 Å². The molecule has 7 heteroatoms. The highest BCUT2D eigenvalue weighted by molar-refractivity contribution is 7.89. The number of aromatic nitrogens is 1. The molecule has 0 amide bonds. The predicted molar refractivity (Wildman–Crippen MR) is 68.9 cm³/mol. The summed E-state index contributed by atoms with van der Waals surface area (Å²) < 4.78 is 26.5. The van der Waals surface area contributed by atoms with Gasteiger partial charge in [-0.25, -0.2) is 18.1 Å². The second kappa shape index (κ2) is 6.00. The molecule has 0 atom stereocenters. The van der Waals surface area contributed by atoms with Crippen LogP contribution in [0.2, 0.25) is 10.2 Å². The minimum Gasteiger partial charge on any atom is -0.242 e. The largest absolute Gasteiger partial charge is 0.242 e. The second-order valence-electron chi connectivity index (χ2n) is 3.58. The number of nitrogens with zero attached hydrogens (tertiary/aromatic N) is 1. The van der Waals surface area contributed by atoms with E-state index < -0.39 is 10.0 Å². The van der Waals surface area contributed by atoms with Crippen molar-refractivity contribution in [1.29, 1.82) is 0 Å². The maximum atomic E-state index is 12.0. The number of rotatable bonds is 5. The van der Waals surface area contributed by atoms with Crippen LogP contribution in [-0.4, -0.2) is 19.4 Å². The maximum absolute atomic E-state index is 12.0. The van der Waals surface area contributed by atoms with E-state index in [1.807, 2.05) is 13.8 Å². The highest BCUT2D eigenvalue weighted by Crippen LogP contribution is 2.22. The van der Waals surface area contributed by atoms with Crippen LogP contribution in [0.25, 0.3) is 0 Å². The van der Waals surface area contributed by atoms with Gasteiger partial charge < -0.3 is 0 Å². The summed E-state index contributed by atoms with van der Waals surface area (Å²) in [5, 5.41) is 0.215. The number of hydrogen-bond donors (Lipinski definition) is 1. The van der Waals surface area contributed by atoms with Gasteiger partial charge in [0.05, 0.1) is 5.02 Å². The summed E-state index contributed by atoms with van der Waals surface area (Å²) in [6.45, 7) is 3.84. The molecule has 0 saturated heterocycles. The Kier molecular flexibility index (Phi) is 5.19. The van der Waals surface area contributed by atoms with Crippen molar-refractivity contribution in [3.8, 4) is 0 Å². The average molecular weight is 297 g/mol. The number of halogens is 2. The fraction of sp³-hybridized carbons (Fsp3) is 0.500. The van der Waals surface area contributed by atoms with E-state index in [0.29, 0.717) is 0 Å². The molecule has 0 fully saturated rings. The molecule has 0 radical (unpaired) electrons. The Balaban J connectivity index is 3.01. The van der Waals surface area contributed by atoms with Crippen molar-refractivity contribution < 1.29 is 8.42 Å². The molecule has 1 rings (SSSR count). The van der Waals surface area contributed by atoms with Crippen molar-refractivity contribution in [2.75, 3.05) is 0 Å². The molecular formula is C10H14Cl2N2O2S. The summed E-state index contributed by atoms with van der Waals surface area (Å²) >= 11 is 11.4. The molecule has 4 nitrogen and oxygen atoms in total. The van der Waals surface area contributed by atoms with Gasteiger partial charge in [0.1, 0.15) is 10.0 Å². The summed E-state index contributed by atoms with van der Waals surface area (Å²) in [4.78, 5) is 3.74. The summed E-state index contributed by atoms with van der Waals surface area (Å²) in [6, 6.07) is 1.20. The molecular weight excluding hydrogens is 283 g/mol. The van der Waals surface area contributed by atoms with Gasteiger partial charge in [0, 0.05) is 12.2 Å². The van der Waals surface area contributed by atoms with Crippen LogP contribution < -0.4 is 4.72 Å². The quantitative estimate of drug-likeness (QED) is 0.850. The first-order chi connectivity index (χ1) is 7.90. The molecule has 0 aliphatic heterocycles. The van der Waals surface area contributed by atoms with Crippen molar-refractivity contribution in [1.82, 2.24) is 9.71 Å². The van der Waals surface area contributed by atoms with Crippen LogP contribution in [0.15, 0.2) is 17.2 Å². The van der Waals surface area contributed by atoms with Gasteiger partial charge >= 0.3 is 0 Å². The average Bonchev–Trinajstić information content (AvgIpc) is 2.29. The van der Waals surface area contributed by atoms with E-state index in [9.17, 15) is 8.42 Å². The standard InChI is InChI=1S/C10H14Cl2N2O2S/c1-3-7(4-2)14-17(15,16)8-5-9(11)10(12)13-6-8/h5-7,14H,3-4H2,1-2H3. The smallest absolute Gasteiger partial charge is 0.242 e. The van der Waals surface area contributed by atoms with E-state index >= 15 is 0 Å². The van der Waals surface area contributed by atoms with Crippen LogP contribution in [0.1, 0.15) is 26.7 Å². The number of nitrogens with one attached hydrogen (secondary N) is 1. The molecule has 0 spiro atoms. The molecule has 0 unspecified atom stereocenters. The van der Waals surface area contributed by atoms with Gasteiger partial charge in [-0.3, -0.25) is 0 Å². The number of pyridine rings is 1. The molecule has 0 saturated carbocycles.